The van der Waals surface area contributed by atoms with E-state index in [1.165, 1.54) is 111 Å². The summed E-state index contributed by atoms with van der Waals surface area (Å²) in [6.45, 7) is 9.37. The molecule has 120 heavy (non-hydrogen) atoms. The summed E-state index contributed by atoms with van der Waals surface area (Å²) in [5.41, 5.74) is 40.3. The Labute approximate surface area is 699 Å². The van der Waals surface area contributed by atoms with Gasteiger partial charge in [-0.3, -0.25) is 9.97 Å². The molecule has 0 N–H and O–H groups in total. The van der Waals surface area contributed by atoms with Crippen LogP contribution in [0.3, 0.4) is 0 Å². The third-order valence-corrected chi connectivity index (χ3v) is 26.6. The standard InChI is InChI=1S/2C57H41N3/c1-56(2)49-25-14-12-23-44(49)46-35-43(32-33-50(46)56)59(40-21-10-5-11-22-40)41-28-30-42(31-29-41)60-53-27-16-34-58-55(53)48-36-52-47(37-54(48)60)45-24-13-15-26-51(45)57(52,38-17-6-3-7-18-38)39-19-8-4-9-20-39;1-56(2)49-25-14-12-23-44(49)46-33-32-43(35-51(46)56)59(40-21-10-5-11-22-40)41-28-30-42(31-29-41)60-53-27-16-34-58-55(53)48-36-52-47(37-54(48)60)45-24-13-15-26-50(45)57(52,38-17-6-3-7-18-38)39-19-8-4-9-20-39/h2*3-37H,1-2H3. The Bertz CT molecular complexity index is 7360. The molecule has 4 aliphatic carbocycles. The van der Waals surface area contributed by atoms with Gasteiger partial charge in [-0.2, -0.15) is 0 Å². The van der Waals surface area contributed by atoms with Crippen molar-refractivity contribution in [1.82, 2.24) is 19.1 Å². The summed E-state index contributed by atoms with van der Waals surface area (Å²) >= 11 is 0. The number of anilines is 6. The lowest BCUT2D eigenvalue weighted by Crippen LogP contribution is -2.28. The smallest absolute Gasteiger partial charge is 0.0963 e. The second-order valence-corrected chi connectivity index (χ2v) is 33.5. The van der Waals surface area contributed by atoms with Gasteiger partial charge in [0.25, 0.3) is 0 Å². The average Bonchev–Trinajstić information content (AvgIpc) is 1.53. The van der Waals surface area contributed by atoms with Crippen LogP contribution in [-0.4, -0.2) is 19.1 Å². The van der Waals surface area contributed by atoms with Crippen LogP contribution in [0.2, 0.25) is 0 Å². The molecule has 0 radical (unpaired) electrons. The number of nitrogens with zero attached hydrogens (tertiary/aromatic N) is 6. The van der Waals surface area contributed by atoms with Gasteiger partial charge in [0.15, 0.2) is 0 Å². The summed E-state index contributed by atoms with van der Waals surface area (Å²) in [6.07, 6.45) is 3.85. The van der Waals surface area contributed by atoms with Crippen LogP contribution in [-0.2, 0) is 21.7 Å². The molecule has 0 unspecified atom stereocenters. The lowest BCUT2D eigenvalue weighted by Gasteiger charge is -2.33. The van der Waals surface area contributed by atoms with Gasteiger partial charge in [-0.1, -0.05) is 295 Å². The molecule has 4 aliphatic rings. The molecule has 4 aromatic heterocycles. The number of hydrogen-bond acceptors (Lipinski definition) is 4. The Kier molecular flexibility index (Phi) is 16.0. The molecule has 16 aromatic carbocycles. The van der Waals surface area contributed by atoms with Crippen LogP contribution >= 0.6 is 0 Å². The number of para-hydroxylation sites is 2. The van der Waals surface area contributed by atoms with Crippen molar-refractivity contribution in [3.8, 4) is 55.9 Å². The first-order valence-corrected chi connectivity index (χ1v) is 41.8. The fourth-order valence-electron chi connectivity index (χ4n) is 21.3. The predicted molar refractivity (Wildman–Crippen MR) is 496 cm³/mol. The molecular weight excluding hydrogens is 1450 g/mol. The van der Waals surface area contributed by atoms with E-state index < -0.39 is 10.8 Å². The van der Waals surface area contributed by atoms with Gasteiger partial charge in [0.2, 0.25) is 0 Å². The van der Waals surface area contributed by atoms with E-state index in [9.17, 15) is 0 Å². The van der Waals surface area contributed by atoms with Crippen LogP contribution in [0.15, 0.2) is 425 Å². The minimum atomic E-state index is -0.482. The second kappa shape index (κ2) is 27.3. The first-order chi connectivity index (χ1) is 59.1. The summed E-state index contributed by atoms with van der Waals surface area (Å²) in [7, 11) is 0. The zero-order valence-electron chi connectivity index (χ0n) is 67.1. The molecule has 0 amide bonds. The van der Waals surface area contributed by atoms with Gasteiger partial charge in [0.1, 0.15) is 0 Å². The van der Waals surface area contributed by atoms with Crippen molar-refractivity contribution in [2.45, 2.75) is 49.4 Å². The fraction of sp³-hybridized carbons (Fsp3) is 0.0702. The zero-order chi connectivity index (χ0) is 80.0. The van der Waals surface area contributed by atoms with Crippen LogP contribution in [0.5, 0.6) is 0 Å². The van der Waals surface area contributed by atoms with Gasteiger partial charge in [0.05, 0.1) is 43.9 Å². The van der Waals surface area contributed by atoms with Crippen molar-refractivity contribution >= 4 is 78.0 Å². The number of fused-ring (bicyclic) bond motifs is 18. The Morgan fingerprint density at radius 1 is 0.208 bits per heavy atom. The molecule has 20 aromatic rings. The van der Waals surface area contributed by atoms with Gasteiger partial charge in [-0.25, -0.2) is 0 Å². The van der Waals surface area contributed by atoms with Crippen molar-refractivity contribution in [2.24, 2.45) is 0 Å². The number of rotatable bonds is 12. The molecule has 6 nitrogen and oxygen atoms in total. The third kappa shape index (κ3) is 10.4. The van der Waals surface area contributed by atoms with E-state index in [1.54, 1.807) is 0 Å². The maximum atomic E-state index is 5.07. The largest absolute Gasteiger partial charge is 0.310 e. The fourth-order valence-corrected chi connectivity index (χ4v) is 21.3. The van der Waals surface area contributed by atoms with E-state index in [-0.39, 0.29) is 10.8 Å². The van der Waals surface area contributed by atoms with Crippen molar-refractivity contribution in [1.29, 1.82) is 0 Å². The van der Waals surface area contributed by atoms with Crippen LogP contribution in [0, 0.1) is 0 Å². The quantitative estimate of drug-likeness (QED) is 0.122. The summed E-state index contributed by atoms with van der Waals surface area (Å²) in [6, 6.07) is 152. The first-order valence-electron chi connectivity index (χ1n) is 41.8. The molecule has 0 aliphatic heterocycles. The molecule has 0 spiro atoms. The van der Waals surface area contributed by atoms with Crippen molar-refractivity contribution < 1.29 is 0 Å². The molecule has 0 saturated carbocycles. The Hall–Kier alpha value is -15.0. The Morgan fingerprint density at radius 2 is 0.508 bits per heavy atom. The Morgan fingerprint density at radius 3 is 0.925 bits per heavy atom. The maximum absolute atomic E-state index is 5.07. The molecule has 6 heteroatoms. The minimum absolute atomic E-state index is 0.0480. The molecule has 4 heterocycles. The minimum Gasteiger partial charge on any atom is -0.310 e. The molecule has 568 valence electrons. The van der Waals surface area contributed by atoms with E-state index in [1.807, 2.05) is 12.4 Å². The molecular formula is C114H82N6. The number of hydrogen-bond donors (Lipinski definition) is 0. The van der Waals surface area contributed by atoms with Gasteiger partial charge in [-0.05, 0) is 257 Å². The second-order valence-electron chi connectivity index (χ2n) is 33.5. The van der Waals surface area contributed by atoms with Crippen LogP contribution in [0.1, 0.15) is 94.5 Å². The summed E-state index contributed by atoms with van der Waals surface area (Å²) in [5.74, 6) is 0. The molecule has 0 bridgehead atoms. The van der Waals surface area contributed by atoms with Gasteiger partial charge in [-0.15, -0.1) is 0 Å². The van der Waals surface area contributed by atoms with Gasteiger partial charge < -0.3 is 18.9 Å². The predicted octanol–water partition coefficient (Wildman–Crippen LogP) is 28.6. The highest BCUT2D eigenvalue weighted by atomic mass is 15.2. The number of aromatic nitrogens is 4. The highest BCUT2D eigenvalue weighted by Crippen LogP contribution is 2.61. The summed E-state index contributed by atoms with van der Waals surface area (Å²) in [5, 5.41) is 2.29. The van der Waals surface area contributed by atoms with Crippen molar-refractivity contribution in [2.75, 3.05) is 9.80 Å². The van der Waals surface area contributed by atoms with Crippen molar-refractivity contribution in [3.63, 3.8) is 0 Å². The van der Waals surface area contributed by atoms with Gasteiger partial charge in [0, 0.05) is 79.5 Å². The van der Waals surface area contributed by atoms with E-state index in [0.29, 0.717) is 0 Å². The van der Waals surface area contributed by atoms with E-state index in [0.717, 1.165) is 89.4 Å². The lowest BCUT2D eigenvalue weighted by molar-refractivity contribution is 0.660. The molecule has 0 atom stereocenters. The lowest BCUT2D eigenvalue weighted by atomic mass is 9.67. The monoisotopic (exact) mass is 1530 g/mol. The SMILES string of the molecule is CC1(C)c2ccccc2-c2cc(N(c3ccccc3)c3ccc(-n4c5cc6c(cc5c5ncccc54)C(c4ccccc4)(c4ccccc4)c4ccccc4-6)cc3)ccc21.CC1(C)c2ccccc2-c2ccc(N(c3ccccc3)c3ccc(-n4c5cc6c(cc5c5ncccc54)C(c4ccccc4)(c4ccccc4)c4ccccc4-6)cc3)cc21. The highest BCUT2D eigenvalue weighted by molar-refractivity contribution is 6.12. The molecule has 0 fully saturated rings. The molecule has 24 rings (SSSR count). The van der Waals surface area contributed by atoms with E-state index in [2.05, 4.69) is 459 Å². The van der Waals surface area contributed by atoms with Crippen molar-refractivity contribution in [3.05, 3.63) is 492 Å². The number of pyridine rings is 2. The summed E-state index contributed by atoms with van der Waals surface area (Å²) in [4.78, 5) is 14.9. The van der Waals surface area contributed by atoms with E-state index >= 15 is 0 Å². The number of benzene rings is 16. The van der Waals surface area contributed by atoms with E-state index in [4.69, 9.17) is 9.97 Å². The Balaban J connectivity index is 0.000000140. The van der Waals surface area contributed by atoms with Gasteiger partial charge >= 0.3 is 0 Å². The first kappa shape index (κ1) is 70.4. The normalized spacial score (nSPS) is 14.1. The average molecular weight is 1540 g/mol. The molecule has 0 saturated heterocycles. The van der Waals surface area contributed by atoms with Crippen LogP contribution < -0.4 is 9.80 Å². The highest BCUT2D eigenvalue weighted by Gasteiger charge is 2.49. The maximum Gasteiger partial charge on any atom is 0.0963 e. The zero-order valence-corrected chi connectivity index (χ0v) is 67.1. The van der Waals surface area contributed by atoms with Crippen LogP contribution in [0.4, 0.5) is 34.1 Å². The van der Waals surface area contributed by atoms with Crippen LogP contribution in [0.25, 0.3) is 99.8 Å². The topological polar surface area (TPSA) is 42.1 Å². The summed E-state index contributed by atoms with van der Waals surface area (Å²) < 4.78 is 4.80. The third-order valence-electron chi connectivity index (χ3n) is 26.6.